The predicted molar refractivity (Wildman–Crippen MR) is 86.2 cm³/mol. The summed E-state index contributed by atoms with van der Waals surface area (Å²) in [5, 5.41) is 17.7. The molecule has 1 saturated heterocycles. The maximum atomic E-state index is 6.28. The number of aromatic nitrogens is 4. The van der Waals surface area contributed by atoms with Gasteiger partial charge in [-0.1, -0.05) is 23.2 Å². The van der Waals surface area contributed by atoms with Crippen LogP contribution in [0.4, 0.5) is 0 Å². The van der Waals surface area contributed by atoms with Crippen LogP contribution in [0, 0.1) is 0 Å². The molecule has 3 heterocycles. The molecule has 4 rings (SSSR count). The zero-order valence-corrected chi connectivity index (χ0v) is 13.1. The largest absolute Gasteiger partial charge is 0.307 e. The van der Waals surface area contributed by atoms with Crippen molar-refractivity contribution in [3.05, 3.63) is 46.2 Å². The lowest BCUT2D eigenvalue weighted by molar-refractivity contribution is 0.585. The second kappa shape index (κ2) is 5.50. The fraction of sp³-hybridized carbons (Fsp3) is 0.267. The van der Waals surface area contributed by atoms with E-state index in [2.05, 4.69) is 20.6 Å². The van der Waals surface area contributed by atoms with Gasteiger partial charge in [0, 0.05) is 10.6 Å². The summed E-state index contributed by atoms with van der Waals surface area (Å²) in [6, 6.07) is 9.40. The Kier molecular flexibility index (Phi) is 3.48. The summed E-state index contributed by atoms with van der Waals surface area (Å²) in [5.74, 6) is 0.847. The average molecular weight is 334 g/mol. The SMILES string of the molecule is Clc1ccc(-c2ccc3nnc([C@H]4CCCN4)n3n2)c(Cl)c1. The van der Waals surface area contributed by atoms with Gasteiger partial charge in [0.25, 0.3) is 0 Å². The molecule has 7 heteroatoms. The molecule has 0 unspecified atom stereocenters. The number of benzene rings is 1. The van der Waals surface area contributed by atoms with Gasteiger partial charge in [-0.25, -0.2) is 0 Å². The van der Waals surface area contributed by atoms with E-state index in [4.69, 9.17) is 23.2 Å². The summed E-state index contributed by atoms with van der Waals surface area (Å²) in [6.45, 7) is 1.00. The summed E-state index contributed by atoms with van der Waals surface area (Å²) >= 11 is 12.2. The highest BCUT2D eigenvalue weighted by Crippen LogP contribution is 2.29. The summed E-state index contributed by atoms with van der Waals surface area (Å²) < 4.78 is 1.79. The first-order chi connectivity index (χ1) is 10.7. The molecule has 0 amide bonds. The lowest BCUT2D eigenvalue weighted by Crippen LogP contribution is -2.16. The van der Waals surface area contributed by atoms with Crippen molar-refractivity contribution in [2.45, 2.75) is 18.9 Å². The molecule has 5 nitrogen and oxygen atoms in total. The Balaban J connectivity index is 1.83. The highest BCUT2D eigenvalue weighted by molar-refractivity contribution is 6.36. The van der Waals surface area contributed by atoms with Crippen molar-refractivity contribution in [2.24, 2.45) is 0 Å². The van der Waals surface area contributed by atoms with E-state index >= 15 is 0 Å². The molecule has 1 N–H and O–H groups in total. The Morgan fingerprint density at radius 3 is 2.82 bits per heavy atom. The van der Waals surface area contributed by atoms with E-state index in [1.807, 2.05) is 18.2 Å². The number of halogens is 2. The summed E-state index contributed by atoms with van der Waals surface area (Å²) in [6.07, 6.45) is 2.19. The van der Waals surface area contributed by atoms with Crippen molar-refractivity contribution >= 4 is 28.8 Å². The van der Waals surface area contributed by atoms with Gasteiger partial charge in [0.05, 0.1) is 16.8 Å². The second-order valence-corrected chi connectivity index (χ2v) is 6.16. The molecule has 0 saturated carbocycles. The molecular weight excluding hydrogens is 321 g/mol. The molecule has 1 aliphatic heterocycles. The topological polar surface area (TPSA) is 55.1 Å². The van der Waals surface area contributed by atoms with Crippen molar-refractivity contribution in [3.63, 3.8) is 0 Å². The molecular formula is C15H13Cl2N5. The van der Waals surface area contributed by atoms with Crippen LogP contribution in [0.15, 0.2) is 30.3 Å². The minimum Gasteiger partial charge on any atom is -0.307 e. The Morgan fingerprint density at radius 1 is 1.14 bits per heavy atom. The van der Waals surface area contributed by atoms with Crippen LogP contribution >= 0.6 is 23.2 Å². The minimum atomic E-state index is 0.207. The zero-order valence-electron chi connectivity index (χ0n) is 11.6. The van der Waals surface area contributed by atoms with Crippen LogP contribution in [0.5, 0.6) is 0 Å². The van der Waals surface area contributed by atoms with Crippen LogP contribution in [0.2, 0.25) is 10.0 Å². The van der Waals surface area contributed by atoms with Gasteiger partial charge in [0.2, 0.25) is 0 Å². The van der Waals surface area contributed by atoms with E-state index in [1.54, 1.807) is 16.6 Å². The highest BCUT2D eigenvalue weighted by atomic mass is 35.5. The first-order valence-corrected chi connectivity index (χ1v) is 7.89. The molecule has 2 aromatic heterocycles. The van der Waals surface area contributed by atoms with Gasteiger partial charge in [-0.2, -0.15) is 9.61 Å². The van der Waals surface area contributed by atoms with Gasteiger partial charge >= 0.3 is 0 Å². The third-order valence-corrected chi connectivity index (χ3v) is 4.41. The number of nitrogens with zero attached hydrogens (tertiary/aromatic N) is 4. The smallest absolute Gasteiger partial charge is 0.178 e. The van der Waals surface area contributed by atoms with Crippen LogP contribution in [-0.2, 0) is 0 Å². The van der Waals surface area contributed by atoms with E-state index in [-0.39, 0.29) is 6.04 Å². The predicted octanol–water partition coefficient (Wildman–Crippen LogP) is 3.52. The summed E-state index contributed by atoms with van der Waals surface area (Å²) in [5.41, 5.74) is 2.35. The monoisotopic (exact) mass is 333 g/mol. The van der Waals surface area contributed by atoms with Gasteiger partial charge in [-0.05, 0) is 49.7 Å². The van der Waals surface area contributed by atoms with Gasteiger partial charge in [-0.15, -0.1) is 10.2 Å². The molecule has 1 aliphatic rings. The lowest BCUT2D eigenvalue weighted by atomic mass is 10.1. The lowest BCUT2D eigenvalue weighted by Gasteiger charge is -2.09. The number of rotatable bonds is 2. The second-order valence-electron chi connectivity index (χ2n) is 5.32. The van der Waals surface area contributed by atoms with Gasteiger partial charge in [-0.3, -0.25) is 0 Å². The Hall–Kier alpha value is -1.69. The molecule has 22 heavy (non-hydrogen) atoms. The third kappa shape index (κ3) is 2.35. The molecule has 3 aromatic rings. The van der Waals surface area contributed by atoms with Crippen LogP contribution < -0.4 is 5.32 Å². The molecule has 1 fully saturated rings. The maximum absolute atomic E-state index is 6.28. The first-order valence-electron chi connectivity index (χ1n) is 7.13. The third-order valence-electron chi connectivity index (χ3n) is 3.87. The summed E-state index contributed by atoms with van der Waals surface area (Å²) in [7, 11) is 0. The maximum Gasteiger partial charge on any atom is 0.178 e. The van der Waals surface area contributed by atoms with Crippen LogP contribution in [-0.4, -0.2) is 26.4 Å². The van der Waals surface area contributed by atoms with Crippen molar-refractivity contribution in [3.8, 4) is 11.3 Å². The van der Waals surface area contributed by atoms with Crippen molar-refractivity contribution in [2.75, 3.05) is 6.54 Å². The van der Waals surface area contributed by atoms with Gasteiger partial charge < -0.3 is 5.32 Å². The molecule has 0 aliphatic carbocycles. The minimum absolute atomic E-state index is 0.207. The van der Waals surface area contributed by atoms with Crippen molar-refractivity contribution in [1.29, 1.82) is 0 Å². The summed E-state index contributed by atoms with van der Waals surface area (Å²) in [4.78, 5) is 0. The van der Waals surface area contributed by atoms with E-state index in [1.165, 1.54) is 0 Å². The fourth-order valence-electron chi connectivity index (χ4n) is 2.77. The molecule has 0 spiro atoms. The van der Waals surface area contributed by atoms with Crippen molar-refractivity contribution in [1.82, 2.24) is 25.1 Å². The quantitative estimate of drug-likeness (QED) is 0.779. The average Bonchev–Trinajstić information content (AvgIpc) is 3.15. The van der Waals surface area contributed by atoms with E-state index < -0.39 is 0 Å². The molecule has 0 radical (unpaired) electrons. The molecule has 112 valence electrons. The zero-order chi connectivity index (χ0) is 15.1. The standard InChI is InChI=1S/C15H13Cl2N5/c16-9-3-4-10(11(17)8-9)12-5-6-14-19-20-15(22(14)21-12)13-2-1-7-18-13/h3-6,8,13,18H,1-2,7H2/t13-/m1/s1. The van der Waals surface area contributed by atoms with E-state index in [0.717, 1.165) is 42.1 Å². The Bertz CT molecular complexity index is 839. The van der Waals surface area contributed by atoms with Crippen molar-refractivity contribution < 1.29 is 0 Å². The Labute approximate surface area is 137 Å². The number of nitrogens with one attached hydrogen (secondary N) is 1. The van der Waals surface area contributed by atoms with E-state index in [0.29, 0.717) is 10.0 Å². The molecule has 1 atom stereocenters. The fourth-order valence-corrected chi connectivity index (χ4v) is 3.27. The number of fused-ring (bicyclic) bond motifs is 1. The van der Waals surface area contributed by atoms with E-state index in [9.17, 15) is 0 Å². The van der Waals surface area contributed by atoms with Crippen LogP contribution in [0.25, 0.3) is 16.9 Å². The first kappa shape index (κ1) is 13.9. The molecule has 1 aromatic carbocycles. The van der Waals surface area contributed by atoms with Gasteiger partial charge in [0.1, 0.15) is 0 Å². The van der Waals surface area contributed by atoms with Crippen LogP contribution in [0.1, 0.15) is 24.7 Å². The normalized spacial score (nSPS) is 18.2. The number of hydrogen-bond donors (Lipinski definition) is 1. The molecule has 0 bridgehead atoms. The highest BCUT2D eigenvalue weighted by Gasteiger charge is 2.22. The Morgan fingerprint density at radius 2 is 2.05 bits per heavy atom. The number of hydrogen-bond acceptors (Lipinski definition) is 4. The van der Waals surface area contributed by atoms with Crippen LogP contribution in [0.3, 0.4) is 0 Å². The van der Waals surface area contributed by atoms with Gasteiger partial charge in [0.15, 0.2) is 11.5 Å².